The van der Waals surface area contributed by atoms with Crippen LogP contribution in [-0.4, -0.2) is 17.4 Å². The zero-order valence-electron chi connectivity index (χ0n) is 16.2. The van der Waals surface area contributed by atoms with Gasteiger partial charge in [-0.3, -0.25) is 9.59 Å². The third kappa shape index (κ3) is 6.29. The summed E-state index contributed by atoms with van der Waals surface area (Å²) < 4.78 is 0. The van der Waals surface area contributed by atoms with Crippen molar-refractivity contribution >= 4 is 11.8 Å². The Balaban J connectivity index is 2.94. The first-order valence-electron chi connectivity index (χ1n) is 9.29. The van der Waals surface area contributed by atoms with Gasteiger partial charge in [0.05, 0.1) is 5.92 Å². The highest BCUT2D eigenvalue weighted by Crippen LogP contribution is 2.34. The van der Waals surface area contributed by atoms with E-state index >= 15 is 0 Å². The Morgan fingerprint density at radius 2 is 1.79 bits per heavy atom. The lowest BCUT2D eigenvalue weighted by molar-refractivity contribution is -0.136. The number of primary amides is 1. The van der Waals surface area contributed by atoms with Gasteiger partial charge in [0.25, 0.3) is 0 Å². The molecule has 1 rings (SSSR count). The Morgan fingerprint density at radius 1 is 1.25 bits per heavy atom. The van der Waals surface area contributed by atoms with Crippen molar-refractivity contribution in [2.24, 2.45) is 29.4 Å². The van der Waals surface area contributed by atoms with E-state index in [1.807, 2.05) is 34.6 Å². The summed E-state index contributed by atoms with van der Waals surface area (Å²) in [5, 5.41) is 3.03. The van der Waals surface area contributed by atoms with E-state index in [1.54, 1.807) is 0 Å². The predicted molar refractivity (Wildman–Crippen MR) is 99.2 cm³/mol. The fourth-order valence-electron chi connectivity index (χ4n) is 3.73. The molecule has 0 radical (unpaired) electrons. The Morgan fingerprint density at radius 3 is 2.21 bits per heavy atom. The predicted octanol–water partition coefficient (Wildman–Crippen LogP) is 3.80. The van der Waals surface area contributed by atoms with E-state index < -0.39 is 11.8 Å². The normalized spacial score (nSPS) is 19.5. The van der Waals surface area contributed by atoms with Gasteiger partial charge in [-0.15, -0.1) is 0 Å². The Hall–Kier alpha value is -1.32. The lowest BCUT2D eigenvalue weighted by Crippen LogP contribution is -2.49. The number of carbonyl (C=O) groups is 2. The van der Waals surface area contributed by atoms with Gasteiger partial charge >= 0.3 is 0 Å². The zero-order chi connectivity index (χ0) is 18.5. The maximum absolute atomic E-state index is 12.9. The quantitative estimate of drug-likeness (QED) is 0.662. The molecular weight excluding hydrogens is 300 g/mol. The average molecular weight is 337 g/mol. The van der Waals surface area contributed by atoms with Crippen LogP contribution in [0.5, 0.6) is 0 Å². The Labute approximate surface area is 147 Å². The van der Waals surface area contributed by atoms with Crippen LogP contribution in [0, 0.1) is 23.7 Å². The van der Waals surface area contributed by atoms with Crippen molar-refractivity contribution in [2.45, 2.75) is 78.7 Å². The van der Waals surface area contributed by atoms with Crippen molar-refractivity contribution < 1.29 is 9.59 Å². The maximum Gasteiger partial charge on any atom is 0.224 e. The van der Waals surface area contributed by atoms with E-state index in [0.717, 1.165) is 12.0 Å². The molecule has 0 aromatic heterocycles. The summed E-state index contributed by atoms with van der Waals surface area (Å²) >= 11 is 0. The molecule has 0 saturated heterocycles. The first-order valence-corrected chi connectivity index (χ1v) is 9.29. The fourth-order valence-corrected chi connectivity index (χ4v) is 3.73. The second-order valence-electron chi connectivity index (χ2n) is 8.64. The van der Waals surface area contributed by atoms with Crippen molar-refractivity contribution in [3.63, 3.8) is 0 Å². The summed E-state index contributed by atoms with van der Waals surface area (Å²) in [6.07, 6.45) is 6.71. The van der Waals surface area contributed by atoms with Gasteiger partial charge in [-0.1, -0.05) is 44.8 Å². The van der Waals surface area contributed by atoms with Crippen LogP contribution in [0.1, 0.15) is 73.1 Å². The summed E-state index contributed by atoms with van der Waals surface area (Å²) in [5.41, 5.74) is 6.29. The van der Waals surface area contributed by atoms with E-state index in [2.05, 4.69) is 11.9 Å². The summed E-state index contributed by atoms with van der Waals surface area (Å²) in [7, 11) is 0. The van der Waals surface area contributed by atoms with E-state index in [-0.39, 0.29) is 23.3 Å². The van der Waals surface area contributed by atoms with Gasteiger partial charge in [0, 0.05) is 11.5 Å². The summed E-state index contributed by atoms with van der Waals surface area (Å²) in [4.78, 5) is 25.0. The highest BCUT2D eigenvalue weighted by Gasteiger charge is 2.38. The summed E-state index contributed by atoms with van der Waals surface area (Å²) in [5.74, 6) is -0.726. The Bertz CT molecular complexity index is 459. The van der Waals surface area contributed by atoms with E-state index in [4.69, 9.17) is 5.73 Å². The van der Waals surface area contributed by atoms with Crippen LogP contribution >= 0.6 is 0 Å². The number of hydrogen-bond acceptors (Lipinski definition) is 2. The van der Waals surface area contributed by atoms with Crippen molar-refractivity contribution in [3.05, 3.63) is 12.2 Å². The molecular formula is C20H36N2O2. The highest BCUT2D eigenvalue weighted by atomic mass is 16.2. The molecule has 0 bridgehead atoms. The van der Waals surface area contributed by atoms with Gasteiger partial charge in [0.2, 0.25) is 11.8 Å². The minimum Gasteiger partial charge on any atom is -0.369 e. The lowest BCUT2D eigenvalue weighted by Gasteiger charge is -2.33. The summed E-state index contributed by atoms with van der Waals surface area (Å²) in [6.45, 7) is 13.7. The molecule has 0 aromatic rings. The van der Waals surface area contributed by atoms with Gasteiger partial charge in [0.1, 0.15) is 0 Å². The van der Waals surface area contributed by atoms with Crippen LogP contribution in [0.3, 0.4) is 0 Å². The third-order valence-corrected chi connectivity index (χ3v) is 5.28. The number of rotatable bonds is 8. The van der Waals surface area contributed by atoms with Crippen LogP contribution in [0.25, 0.3) is 0 Å². The second kappa shape index (κ2) is 8.68. The number of hydrogen-bond donors (Lipinski definition) is 2. The average Bonchev–Trinajstić information content (AvgIpc) is 2.93. The topological polar surface area (TPSA) is 72.2 Å². The van der Waals surface area contributed by atoms with Crippen LogP contribution < -0.4 is 11.1 Å². The van der Waals surface area contributed by atoms with Gasteiger partial charge in [-0.2, -0.15) is 0 Å². The van der Waals surface area contributed by atoms with Gasteiger partial charge in [-0.25, -0.2) is 0 Å². The second-order valence-corrected chi connectivity index (χ2v) is 8.64. The molecule has 0 aromatic carbocycles. The molecule has 3 N–H and O–H groups in total. The van der Waals surface area contributed by atoms with Crippen molar-refractivity contribution in [3.8, 4) is 0 Å². The van der Waals surface area contributed by atoms with Crippen LogP contribution in [0.2, 0.25) is 0 Å². The molecule has 1 saturated carbocycles. The van der Waals surface area contributed by atoms with E-state index in [0.29, 0.717) is 12.3 Å². The molecule has 4 heteroatoms. The number of allylic oxidation sites excluding steroid dienone is 1. The molecule has 0 aliphatic heterocycles. The molecule has 1 aliphatic rings. The van der Waals surface area contributed by atoms with Crippen LogP contribution in [0.4, 0.5) is 0 Å². The largest absolute Gasteiger partial charge is 0.369 e. The number of nitrogens with two attached hydrogens (primary N) is 1. The third-order valence-electron chi connectivity index (χ3n) is 5.28. The number of nitrogens with one attached hydrogen (secondary N) is 1. The first-order chi connectivity index (χ1) is 11.0. The molecule has 1 fully saturated rings. The molecule has 1 aliphatic carbocycles. The van der Waals surface area contributed by atoms with E-state index in [9.17, 15) is 9.59 Å². The SMILES string of the molecule is C=C(C)[C@H](C)C(C(=O)NC(C)(C)C)[C@H](CCC1CCCC1)C(N)=O. The smallest absolute Gasteiger partial charge is 0.224 e. The minimum absolute atomic E-state index is 0.0755. The highest BCUT2D eigenvalue weighted by molar-refractivity contribution is 5.87. The molecule has 4 nitrogen and oxygen atoms in total. The summed E-state index contributed by atoms with van der Waals surface area (Å²) in [6, 6.07) is 0. The standard InChI is InChI=1S/C20H36N2O2/c1-13(2)14(3)17(19(24)22-20(4,5)6)16(18(21)23)12-11-15-9-7-8-10-15/h14-17H,1,7-12H2,2-6H3,(H2,21,23)(H,22,24)/t14-,16-,17?/m0/s1. The molecule has 1 unspecified atom stereocenters. The monoisotopic (exact) mass is 336 g/mol. The molecule has 2 amide bonds. The van der Waals surface area contributed by atoms with Crippen molar-refractivity contribution in [2.75, 3.05) is 0 Å². The van der Waals surface area contributed by atoms with Crippen molar-refractivity contribution in [1.82, 2.24) is 5.32 Å². The van der Waals surface area contributed by atoms with Gasteiger partial charge < -0.3 is 11.1 Å². The van der Waals surface area contributed by atoms with Gasteiger partial charge in [0.15, 0.2) is 0 Å². The zero-order valence-corrected chi connectivity index (χ0v) is 16.2. The number of carbonyl (C=O) groups excluding carboxylic acids is 2. The van der Waals surface area contributed by atoms with Crippen LogP contribution in [-0.2, 0) is 9.59 Å². The minimum atomic E-state index is -0.444. The number of amides is 2. The first kappa shape index (κ1) is 20.7. The maximum atomic E-state index is 12.9. The molecule has 0 heterocycles. The fraction of sp³-hybridized carbons (Fsp3) is 0.800. The molecule has 138 valence electrons. The van der Waals surface area contributed by atoms with Gasteiger partial charge in [-0.05, 0) is 52.4 Å². The molecule has 3 atom stereocenters. The van der Waals surface area contributed by atoms with E-state index in [1.165, 1.54) is 25.7 Å². The molecule has 0 spiro atoms. The molecule has 24 heavy (non-hydrogen) atoms. The lowest BCUT2D eigenvalue weighted by atomic mass is 9.75. The van der Waals surface area contributed by atoms with Crippen LogP contribution in [0.15, 0.2) is 12.2 Å². The Kier molecular flexibility index (Phi) is 7.50. The van der Waals surface area contributed by atoms with Crippen molar-refractivity contribution in [1.29, 1.82) is 0 Å².